The van der Waals surface area contributed by atoms with Gasteiger partial charge in [-0.3, -0.25) is 5.41 Å². The Hall–Kier alpha value is -1.71. The van der Waals surface area contributed by atoms with Gasteiger partial charge in [-0.1, -0.05) is 31.2 Å². The molecule has 1 aromatic rings. The van der Waals surface area contributed by atoms with Gasteiger partial charge in [-0.2, -0.15) is 0 Å². The number of rotatable bonds is 17. The largest absolute Gasteiger partial charge is 0.357 e. The first-order valence-corrected chi connectivity index (χ1v) is 11.3. The van der Waals surface area contributed by atoms with Crippen LogP contribution in [0.4, 0.5) is 0 Å². The minimum Gasteiger partial charge on any atom is -0.357 e. The number of guanidine groups is 1. The van der Waals surface area contributed by atoms with Crippen LogP contribution in [0, 0.1) is 11.3 Å². The molecule has 0 aromatic heterocycles. The molecule has 0 aliphatic rings. The molecule has 8 heteroatoms. The van der Waals surface area contributed by atoms with Crippen molar-refractivity contribution in [3.63, 3.8) is 0 Å². The summed E-state index contributed by atoms with van der Waals surface area (Å²) in [5.74, 6) is 0.780. The monoisotopic (exact) mass is 420 g/mol. The van der Waals surface area contributed by atoms with E-state index in [-0.39, 0.29) is 6.04 Å². The normalized spacial score (nSPS) is 13.1. The number of unbranched alkanes of at least 4 members (excludes halogenated alkanes) is 1. The first-order chi connectivity index (χ1) is 14.5. The van der Waals surface area contributed by atoms with E-state index in [9.17, 15) is 0 Å². The fourth-order valence-corrected chi connectivity index (χ4v) is 3.14. The lowest BCUT2D eigenvalue weighted by Crippen LogP contribution is -2.41. The summed E-state index contributed by atoms with van der Waals surface area (Å²) in [6.45, 7) is 8.55. The standard InChI is InChI=1S/C22H44N8/c1-18(14-30-22(26)29-12-3-2-9-23)13-21(25)17-28-16-20-7-5-19(6-8-20)15-27-11-4-10-24/h5-8,18,21,27-28H,2-4,9-17,23-25H2,1H3,(H3,26,29,30). The lowest BCUT2D eigenvalue weighted by Gasteiger charge is -2.19. The van der Waals surface area contributed by atoms with Gasteiger partial charge in [-0.05, 0) is 62.4 Å². The highest BCUT2D eigenvalue weighted by molar-refractivity contribution is 5.76. The number of hydrogen-bond acceptors (Lipinski definition) is 6. The quantitative estimate of drug-likeness (QED) is 0.103. The maximum atomic E-state index is 7.87. The molecule has 0 saturated carbocycles. The van der Waals surface area contributed by atoms with E-state index in [2.05, 4.69) is 52.5 Å². The fourth-order valence-electron chi connectivity index (χ4n) is 3.14. The van der Waals surface area contributed by atoms with Crippen LogP contribution in [-0.2, 0) is 13.1 Å². The minimum atomic E-state index is 0.0968. The SMILES string of the molecule is CC(CNC(=N)NCCCCN)CC(N)CNCc1ccc(CNCCCN)cc1. The van der Waals surface area contributed by atoms with Crippen LogP contribution in [0.1, 0.15) is 43.7 Å². The van der Waals surface area contributed by atoms with Gasteiger partial charge in [0.15, 0.2) is 5.96 Å². The average Bonchev–Trinajstić information content (AvgIpc) is 2.74. The summed E-state index contributed by atoms with van der Waals surface area (Å²) < 4.78 is 0. The summed E-state index contributed by atoms with van der Waals surface area (Å²) in [5.41, 5.74) is 19.8. The van der Waals surface area contributed by atoms with Crippen molar-refractivity contribution < 1.29 is 0 Å². The fraction of sp³-hybridized carbons (Fsp3) is 0.682. The highest BCUT2D eigenvalue weighted by Gasteiger charge is 2.09. The van der Waals surface area contributed by atoms with Crippen LogP contribution in [0.15, 0.2) is 24.3 Å². The van der Waals surface area contributed by atoms with E-state index in [0.717, 1.165) is 71.5 Å². The van der Waals surface area contributed by atoms with Gasteiger partial charge in [0.1, 0.15) is 0 Å². The number of nitrogens with two attached hydrogens (primary N) is 3. The summed E-state index contributed by atoms with van der Waals surface area (Å²) in [4.78, 5) is 0. The van der Waals surface area contributed by atoms with Crippen LogP contribution < -0.4 is 38.5 Å². The first-order valence-electron chi connectivity index (χ1n) is 11.3. The van der Waals surface area contributed by atoms with Crippen LogP contribution in [0.25, 0.3) is 0 Å². The Morgan fingerprint density at radius 3 is 2.13 bits per heavy atom. The third-order valence-corrected chi connectivity index (χ3v) is 4.91. The van der Waals surface area contributed by atoms with Crippen LogP contribution in [0.2, 0.25) is 0 Å². The molecule has 0 fully saturated rings. The molecule has 8 nitrogen and oxygen atoms in total. The van der Waals surface area contributed by atoms with Crippen LogP contribution in [0.3, 0.4) is 0 Å². The summed E-state index contributed by atoms with van der Waals surface area (Å²) >= 11 is 0. The van der Waals surface area contributed by atoms with E-state index >= 15 is 0 Å². The molecule has 0 aliphatic carbocycles. The Morgan fingerprint density at radius 1 is 0.867 bits per heavy atom. The number of benzene rings is 1. The average molecular weight is 421 g/mol. The molecule has 0 heterocycles. The van der Waals surface area contributed by atoms with E-state index < -0.39 is 0 Å². The second kappa shape index (κ2) is 17.0. The molecular weight excluding hydrogens is 376 g/mol. The maximum absolute atomic E-state index is 7.87. The van der Waals surface area contributed by atoms with Crippen molar-refractivity contribution in [2.75, 3.05) is 39.3 Å². The molecule has 0 spiro atoms. The predicted molar refractivity (Wildman–Crippen MR) is 127 cm³/mol. The van der Waals surface area contributed by atoms with E-state index in [1.807, 2.05) is 0 Å². The Kier molecular flexibility index (Phi) is 14.9. The molecule has 0 amide bonds. The summed E-state index contributed by atoms with van der Waals surface area (Å²) in [5, 5.41) is 20.9. The molecule has 2 unspecified atom stereocenters. The van der Waals surface area contributed by atoms with Gasteiger partial charge in [0, 0.05) is 38.8 Å². The molecular formula is C22H44N8. The van der Waals surface area contributed by atoms with E-state index in [0.29, 0.717) is 18.4 Å². The second-order valence-electron chi connectivity index (χ2n) is 8.05. The van der Waals surface area contributed by atoms with Gasteiger partial charge in [0.25, 0.3) is 0 Å². The van der Waals surface area contributed by atoms with Crippen LogP contribution in [-0.4, -0.2) is 51.3 Å². The van der Waals surface area contributed by atoms with Crippen molar-refractivity contribution in [1.29, 1.82) is 5.41 Å². The van der Waals surface area contributed by atoms with Crippen molar-refractivity contribution in [3.8, 4) is 0 Å². The van der Waals surface area contributed by atoms with Crippen molar-refractivity contribution in [2.45, 2.75) is 51.7 Å². The molecule has 30 heavy (non-hydrogen) atoms. The van der Waals surface area contributed by atoms with Gasteiger partial charge >= 0.3 is 0 Å². The number of hydrogen-bond donors (Lipinski definition) is 8. The Balaban J connectivity index is 2.13. The Labute approximate surface area is 182 Å². The van der Waals surface area contributed by atoms with E-state index in [4.69, 9.17) is 22.6 Å². The van der Waals surface area contributed by atoms with E-state index in [1.165, 1.54) is 11.1 Å². The Bertz CT molecular complexity index is 549. The molecule has 0 bridgehead atoms. The smallest absolute Gasteiger partial charge is 0.188 e. The molecule has 172 valence electrons. The Morgan fingerprint density at radius 2 is 1.50 bits per heavy atom. The second-order valence-corrected chi connectivity index (χ2v) is 8.05. The van der Waals surface area contributed by atoms with Crippen molar-refractivity contribution in [1.82, 2.24) is 21.3 Å². The van der Waals surface area contributed by atoms with Crippen molar-refractivity contribution in [2.24, 2.45) is 23.1 Å². The molecule has 0 aliphatic heterocycles. The number of nitrogens with one attached hydrogen (secondary N) is 5. The zero-order valence-electron chi connectivity index (χ0n) is 18.7. The van der Waals surface area contributed by atoms with Crippen molar-refractivity contribution in [3.05, 3.63) is 35.4 Å². The zero-order chi connectivity index (χ0) is 22.0. The zero-order valence-corrected chi connectivity index (χ0v) is 18.7. The lowest BCUT2D eigenvalue weighted by molar-refractivity contribution is 0.437. The molecule has 2 atom stereocenters. The maximum Gasteiger partial charge on any atom is 0.188 e. The van der Waals surface area contributed by atoms with Crippen LogP contribution >= 0.6 is 0 Å². The predicted octanol–water partition coefficient (Wildman–Crippen LogP) is 0.421. The van der Waals surface area contributed by atoms with Gasteiger partial charge in [-0.25, -0.2) is 0 Å². The first kappa shape index (κ1) is 26.3. The van der Waals surface area contributed by atoms with Crippen LogP contribution in [0.5, 0.6) is 0 Å². The van der Waals surface area contributed by atoms with E-state index in [1.54, 1.807) is 0 Å². The third kappa shape index (κ3) is 13.5. The molecule has 0 saturated heterocycles. The van der Waals surface area contributed by atoms with Gasteiger partial charge < -0.3 is 38.5 Å². The summed E-state index contributed by atoms with van der Waals surface area (Å²) in [6.07, 6.45) is 3.88. The van der Waals surface area contributed by atoms with Gasteiger partial charge in [0.05, 0.1) is 0 Å². The molecule has 1 rings (SSSR count). The molecule has 1 aromatic carbocycles. The van der Waals surface area contributed by atoms with Crippen molar-refractivity contribution >= 4 is 5.96 Å². The topological polar surface area (TPSA) is 150 Å². The van der Waals surface area contributed by atoms with Gasteiger partial charge in [-0.15, -0.1) is 0 Å². The minimum absolute atomic E-state index is 0.0968. The highest BCUT2D eigenvalue weighted by Crippen LogP contribution is 2.06. The highest BCUT2D eigenvalue weighted by atomic mass is 15.1. The third-order valence-electron chi connectivity index (χ3n) is 4.91. The lowest BCUT2D eigenvalue weighted by atomic mass is 10.0. The molecule has 0 radical (unpaired) electrons. The summed E-state index contributed by atoms with van der Waals surface area (Å²) in [7, 11) is 0. The van der Waals surface area contributed by atoms with Gasteiger partial charge in [0.2, 0.25) is 0 Å². The molecule has 11 N–H and O–H groups in total. The summed E-state index contributed by atoms with van der Waals surface area (Å²) in [6, 6.07) is 8.76.